The Morgan fingerprint density at radius 1 is 0.703 bits per heavy atom. The van der Waals surface area contributed by atoms with Crippen LogP contribution in [0.5, 0.6) is 5.75 Å². The van der Waals surface area contributed by atoms with Crippen LogP contribution in [0.3, 0.4) is 0 Å². The molecule has 5 heterocycles. The lowest BCUT2D eigenvalue weighted by atomic mass is 9.63. The number of anilines is 5. The minimum Gasteiger partial charge on any atom is -0.497 e. The number of aliphatic hydroxyl groups is 1. The van der Waals surface area contributed by atoms with Crippen molar-refractivity contribution < 1.29 is 33.8 Å². The van der Waals surface area contributed by atoms with Crippen LogP contribution in [0.15, 0.2) is 164 Å². The summed E-state index contributed by atoms with van der Waals surface area (Å²) in [7, 11) is 1.64. The summed E-state index contributed by atoms with van der Waals surface area (Å²) >= 11 is 0. The minimum atomic E-state index is -1.59. The van der Waals surface area contributed by atoms with E-state index in [2.05, 4.69) is 26.8 Å². The van der Waals surface area contributed by atoms with Crippen molar-refractivity contribution in [1.82, 2.24) is 4.90 Å². The van der Waals surface area contributed by atoms with Crippen LogP contribution in [0.2, 0.25) is 0 Å². The first kappa shape index (κ1) is 45.7. The number of hydrogen-bond acceptors (Lipinski definition) is 7. The molecule has 5 atom stereocenters. The number of methoxy groups -OCH3 is 1. The molecule has 13 rings (SSSR count). The average Bonchev–Trinajstić information content (AvgIpc) is 4.08. The molecule has 8 aromatic carbocycles. The van der Waals surface area contributed by atoms with E-state index in [-0.39, 0.29) is 43.2 Å². The van der Waals surface area contributed by atoms with Crippen molar-refractivity contribution in [1.29, 1.82) is 0 Å². The second-order valence-corrected chi connectivity index (χ2v) is 21.1. The highest BCUT2D eigenvalue weighted by Gasteiger charge is 2.66. The largest absolute Gasteiger partial charge is 0.497 e. The summed E-state index contributed by atoms with van der Waals surface area (Å²) in [6.45, 7) is 6.73. The van der Waals surface area contributed by atoms with Gasteiger partial charge in [0, 0.05) is 46.1 Å². The zero-order valence-corrected chi connectivity index (χ0v) is 41.6. The highest BCUT2D eigenvalue weighted by atomic mass is 16.5. The summed E-state index contributed by atoms with van der Waals surface area (Å²) in [5, 5.41) is 14.5. The summed E-state index contributed by atoms with van der Waals surface area (Å²) in [5.74, 6) is -0.877. The Hall–Kier alpha value is -8.12. The number of hydrogen-bond donors (Lipinski definition) is 1. The van der Waals surface area contributed by atoms with E-state index in [1.165, 1.54) is 0 Å². The zero-order valence-electron chi connectivity index (χ0n) is 41.6. The van der Waals surface area contributed by atoms with Crippen LogP contribution in [0.25, 0.3) is 21.5 Å². The van der Waals surface area contributed by atoms with Crippen LogP contribution in [0, 0.1) is 11.8 Å². The molecule has 5 aliphatic rings. The highest BCUT2D eigenvalue weighted by Crippen LogP contribution is 2.61. The smallest absolute Gasteiger partial charge is 0.264 e. The number of benzene rings is 8. The Morgan fingerprint density at radius 2 is 1.30 bits per heavy atom. The Bertz CT molecular complexity index is 3650. The van der Waals surface area contributed by atoms with Crippen LogP contribution in [-0.4, -0.2) is 59.5 Å². The fourth-order valence-corrected chi connectivity index (χ4v) is 13.4. The Balaban J connectivity index is 0.918. The lowest BCUT2D eigenvalue weighted by molar-refractivity contribution is -0.151. The van der Waals surface area contributed by atoms with Crippen LogP contribution >= 0.6 is 0 Å². The van der Waals surface area contributed by atoms with E-state index in [1.54, 1.807) is 26.7 Å². The molecule has 8 aromatic rings. The fourth-order valence-electron chi connectivity index (χ4n) is 13.4. The number of aliphatic hydroxyl groups excluding tert-OH is 1. The average molecular weight is 979 g/mol. The maximum Gasteiger partial charge on any atom is 0.264 e. The van der Waals surface area contributed by atoms with E-state index in [4.69, 9.17) is 9.47 Å². The molecule has 0 bridgehead atoms. The fraction of sp³-hybridized carbons (Fsp3) is 0.238. The Labute approximate surface area is 429 Å². The molecule has 1 saturated heterocycles. The number of amides is 4. The second kappa shape index (κ2) is 17.0. The molecule has 368 valence electrons. The molecule has 1 spiro atoms. The molecule has 74 heavy (non-hydrogen) atoms. The van der Waals surface area contributed by atoms with Gasteiger partial charge in [0.15, 0.2) is 5.60 Å². The van der Waals surface area contributed by atoms with Gasteiger partial charge >= 0.3 is 0 Å². The second-order valence-electron chi connectivity index (χ2n) is 21.1. The lowest BCUT2D eigenvalue weighted by Gasteiger charge is -2.40. The van der Waals surface area contributed by atoms with Crippen LogP contribution in [0.4, 0.5) is 28.4 Å². The molecule has 0 aromatic heterocycles. The summed E-state index contributed by atoms with van der Waals surface area (Å²) < 4.78 is 13.1. The summed E-state index contributed by atoms with van der Waals surface area (Å²) in [4.78, 5) is 66.7. The van der Waals surface area contributed by atoms with Crippen molar-refractivity contribution in [2.75, 3.05) is 28.4 Å². The molecule has 4 amide bonds. The predicted octanol–water partition coefficient (Wildman–Crippen LogP) is 11.3. The SMILES string of the molecule is COc1ccc(C(C)(C)[C@H]2[C@H](CC(=O)N3Cc4ccccc4C[C@H]3CO)O[C@@]3(C(=O)N(Cc4ccc(N5C(=O)c6cccc7cccc5c67)cc4)c4ccc(N5C(=O)c6cccc7cccc5c67)cc43)[C@@H]2C)cc1. The number of fused-ring (bicyclic) bond motifs is 3. The van der Waals surface area contributed by atoms with Crippen molar-refractivity contribution in [2.45, 2.75) is 69.9 Å². The van der Waals surface area contributed by atoms with E-state index in [9.17, 15) is 14.7 Å². The predicted molar refractivity (Wildman–Crippen MR) is 286 cm³/mol. The van der Waals surface area contributed by atoms with Gasteiger partial charge < -0.3 is 24.4 Å². The van der Waals surface area contributed by atoms with Gasteiger partial charge in [-0.05, 0) is 112 Å². The molecule has 5 aliphatic heterocycles. The first-order chi connectivity index (χ1) is 35.9. The summed E-state index contributed by atoms with van der Waals surface area (Å²) in [6.07, 6.45) is -0.266. The number of ether oxygens (including phenoxy) is 2. The van der Waals surface area contributed by atoms with Crippen LogP contribution in [0.1, 0.15) is 75.7 Å². The quantitative estimate of drug-likeness (QED) is 0.145. The summed E-state index contributed by atoms with van der Waals surface area (Å²) in [5.41, 5.74) is 7.18. The molecule has 0 unspecified atom stereocenters. The van der Waals surface area contributed by atoms with Gasteiger partial charge in [-0.2, -0.15) is 0 Å². The van der Waals surface area contributed by atoms with Crippen LogP contribution in [-0.2, 0) is 44.9 Å². The third-order valence-electron chi connectivity index (χ3n) is 17.0. The minimum absolute atomic E-state index is 0.0342. The molecule has 0 aliphatic carbocycles. The van der Waals surface area contributed by atoms with Crippen molar-refractivity contribution in [3.63, 3.8) is 0 Å². The van der Waals surface area contributed by atoms with Gasteiger partial charge in [-0.3, -0.25) is 29.0 Å². The number of nitrogens with zero attached hydrogens (tertiary/aromatic N) is 4. The number of rotatable bonds is 10. The summed E-state index contributed by atoms with van der Waals surface area (Å²) in [6, 6.07) is 52.6. The van der Waals surface area contributed by atoms with Gasteiger partial charge in [0.25, 0.3) is 17.7 Å². The number of carbonyl (C=O) groups excluding carboxylic acids is 4. The van der Waals surface area contributed by atoms with E-state index in [0.717, 1.165) is 55.2 Å². The van der Waals surface area contributed by atoms with E-state index in [1.807, 2.05) is 158 Å². The molecule has 0 saturated carbocycles. The standard InChI is InChI=1S/C63H54N4O7/c1-37-58(62(2,3)43-23-28-47(73-4)29-24-43)54(33-55(69)64-35-42-12-6-5-11-41(42)31-46(64)36-68)74-63(37)50-32-45(67-53-20-10-16-40-14-8-18-49(57(40)53)60(67)71)27-30-51(50)65(61(63)72)34-38-21-25-44(26-22-38)66-52-19-9-15-39-13-7-17-48(56(39)52)59(66)70/h5-30,32,37,46,54,58,68H,31,33-36H2,1-4H3/t37-,46+,54+,58-,63+/m1/s1. The maximum atomic E-state index is 16.2. The topological polar surface area (TPSA) is 120 Å². The first-order valence-corrected chi connectivity index (χ1v) is 25.5. The molecule has 11 heteroatoms. The van der Waals surface area contributed by atoms with Gasteiger partial charge in [0.1, 0.15) is 5.75 Å². The lowest BCUT2D eigenvalue weighted by Crippen LogP contribution is -2.48. The van der Waals surface area contributed by atoms with E-state index in [0.29, 0.717) is 52.5 Å². The van der Waals surface area contributed by atoms with Crippen LogP contribution < -0.4 is 19.4 Å². The van der Waals surface area contributed by atoms with Gasteiger partial charge in [-0.25, -0.2) is 0 Å². The monoisotopic (exact) mass is 978 g/mol. The van der Waals surface area contributed by atoms with Crippen molar-refractivity contribution >= 4 is 73.6 Å². The molecular formula is C63H54N4O7. The van der Waals surface area contributed by atoms with Crippen molar-refractivity contribution in [3.8, 4) is 5.75 Å². The van der Waals surface area contributed by atoms with Crippen molar-refractivity contribution in [3.05, 3.63) is 203 Å². The highest BCUT2D eigenvalue weighted by molar-refractivity contribution is 6.29. The van der Waals surface area contributed by atoms with Gasteiger partial charge in [-0.15, -0.1) is 0 Å². The van der Waals surface area contributed by atoms with Gasteiger partial charge in [0.05, 0.1) is 67.0 Å². The molecule has 1 fully saturated rings. The van der Waals surface area contributed by atoms with E-state index >= 15 is 9.59 Å². The molecule has 0 radical (unpaired) electrons. The molecule has 1 N–H and O–H groups in total. The molecule has 11 nitrogen and oxygen atoms in total. The maximum absolute atomic E-state index is 16.2. The van der Waals surface area contributed by atoms with Gasteiger partial charge in [0.2, 0.25) is 5.91 Å². The normalized spacial score (nSPS) is 21.7. The number of carbonyl (C=O) groups is 4. The first-order valence-electron chi connectivity index (χ1n) is 25.5. The van der Waals surface area contributed by atoms with E-state index < -0.39 is 35.0 Å². The third kappa shape index (κ3) is 6.65. The van der Waals surface area contributed by atoms with Gasteiger partial charge in [-0.1, -0.05) is 118 Å². The van der Waals surface area contributed by atoms with Crippen molar-refractivity contribution in [2.24, 2.45) is 11.8 Å². The molecular weight excluding hydrogens is 925 g/mol. The zero-order chi connectivity index (χ0) is 50.8. The Morgan fingerprint density at radius 3 is 1.92 bits per heavy atom. The third-order valence-corrected chi connectivity index (χ3v) is 17.0. The Kier molecular flexibility index (Phi) is 10.5.